The Hall–Kier alpha value is -4.82. The van der Waals surface area contributed by atoms with Crippen LogP contribution >= 0.6 is 22.9 Å². The van der Waals surface area contributed by atoms with Gasteiger partial charge in [-0.25, -0.2) is 19.4 Å². The molecule has 15 heteroatoms. The first-order valence-electron chi connectivity index (χ1n) is 14.5. The van der Waals surface area contributed by atoms with Crippen LogP contribution in [-0.4, -0.2) is 67.7 Å². The molecule has 0 saturated carbocycles. The molecule has 13 nitrogen and oxygen atoms in total. The lowest BCUT2D eigenvalue weighted by Gasteiger charge is -2.25. The largest absolute Gasteiger partial charge is 0.490 e. The van der Waals surface area contributed by atoms with E-state index >= 15 is 0 Å². The monoisotopic (exact) mass is 688 g/mol. The van der Waals surface area contributed by atoms with Crippen LogP contribution in [0.15, 0.2) is 51.4 Å². The Bertz CT molecular complexity index is 1900. The number of esters is 2. The van der Waals surface area contributed by atoms with Gasteiger partial charge in [0, 0.05) is 0 Å². The normalized spacial score (nSPS) is 14.2. The van der Waals surface area contributed by atoms with E-state index < -0.39 is 36.1 Å². The minimum absolute atomic E-state index is 0.0633. The minimum atomic E-state index is -1.18. The molecular formula is C32H33ClN2O11S. The molecular weight excluding hydrogens is 656 g/mol. The number of ether oxygens (including phenoxy) is 6. The third-order valence-corrected chi connectivity index (χ3v) is 7.91. The molecule has 0 aliphatic carbocycles. The van der Waals surface area contributed by atoms with Crippen molar-refractivity contribution in [3.63, 3.8) is 0 Å². The van der Waals surface area contributed by atoms with Crippen LogP contribution in [0.1, 0.15) is 44.9 Å². The zero-order valence-corrected chi connectivity index (χ0v) is 27.9. The van der Waals surface area contributed by atoms with Gasteiger partial charge in [0.25, 0.3) is 5.56 Å². The number of aliphatic carboxylic acids is 1. The maximum atomic E-state index is 14.1. The number of carbonyl (C=O) groups is 3. The second kappa shape index (κ2) is 15.6. The highest BCUT2D eigenvalue weighted by Gasteiger charge is 2.34. The fourth-order valence-corrected chi connectivity index (χ4v) is 6.06. The zero-order chi connectivity index (χ0) is 34.2. The fourth-order valence-electron chi connectivity index (χ4n) is 4.74. The standard InChI is InChI=1S/C32H33ClN2O11S/c1-6-42-22-14-19(9-10-21(22)45-16-26(38)41-5)28-27(31(40)44-8-3)17(4)34-32-35(28)30(39)24(47-32)13-18-11-20(33)29(46-15-25(36)37)23(12-18)43-7-2/h9-14,28H,6-8,15-16H2,1-5H3,(H,36,37)/b24-13-/t28-/m1/s1. The van der Waals surface area contributed by atoms with E-state index in [-0.39, 0.29) is 64.6 Å². The molecule has 1 atom stereocenters. The summed E-state index contributed by atoms with van der Waals surface area (Å²) in [5.41, 5.74) is 1.07. The quantitative estimate of drug-likeness (QED) is 0.248. The smallest absolute Gasteiger partial charge is 0.343 e. The van der Waals surface area contributed by atoms with Crippen molar-refractivity contribution < 1.29 is 47.9 Å². The molecule has 2 aromatic carbocycles. The van der Waals surface area contributed by atoms with E-state index in [9.17, 15) is 19.2 Å². The molecule has 1 N–H and O–H groups in total. The van der Waals surface area contributed by atoms with Crippen LogP contribution < -0.4 is 33.8 Å². The molecule has 0 spiro atoms. The summed E-state index contributed by atoms with van der Waals surface area (Å²) in [6, 6.07) is 7.05. The topological polar surface area (TPSA) is 161 Å². The van der Waals surface area contributed by atoms with Gasteiger partial charge < -0.3 is 33.5 Å². The molecule has 1 aliphatic heterocycles. The Balaban J connectivity index is 1.88. The van der Waals surface area contributed by atoms with Crippen LogP contribution in [0.5, 0.6) is 23.0 Å². The zero-order valence-electron chi connectivity index (χ0n) is 26.3. The molecule has 4 rings (SSSR count). The van der Waals surface area contributed by atoms with Crippen molar-refractivity contribution in [1.29, 1.82) is 0 Å². The number of halogens is 1. The second-order valence-electron chi connectivity index (χ2n) is 9.75. The highest BCUT2D eigenvalue weighted by atomic mass is 35.5. The maximum absolute atomic E-state index is 14.1. The summed E-state index contributed by atoms with van der Waals surface area (Å²) in [5.74, 6) is -1.57. The van der Waals surface area contributed by atoms with Gasteiger partial charge in [0.2, 0.25) is 0 Å². The SMILES string of the molecule is CCOC(=O)C1=C(C)N=c2s/c(=C\c3cc(Cl)c(OCC(=O)O)c(OCC)c3)c(=O)n2[C@@H]1c1ccc(OCC(=O)OC)c(OCC)c1. The Morgan fingerprint density at radius 3 is 2.36 bits per heavy atom. The van der Waals surface area contributed by atoms with Crippen LogP contribution in [0, 0.1) is 0 Å². The van der Waals surface area contributed by atoms with E-state index in [1.54, 1.807) is 58.0 Å². The molecule has 1 aromatic heterocycles. The first-order chi connectivity index (χ1) is 22.5. The number of carbonyl (C=O) groups excluding carboxylic acids is 2. The first kappa shape index (κ1) is 35.0. The Morgan fingerprint density at radius 1 is 0.979 bits per heavy atom. The molecule has 0 fully saturated rings. The van der Waals surface area contributed by atoms with Crippen LogP contribution in [0.25, 0.3) is 6.08 Å². The van der Waals surface area contributed by atoms with Crippen LogP contribution in [-0.2, 0) is 23.9 Å². The van der Waals surface area contributed by atoms with Crippen molar-refractivity contribution in [3.05, 3.63) is 77.4 Å². The third kappa shape index (κ3) is 7.95. The number of thiazole rings is 1. The van der Waals surface area contributed by atoms with Gasteiger partial charge in [-0.1, -0.05) is 29.0 Å². The summed E-state index contributed by atoms with van der Waals surface area (Å²) >= 11 is 7.55. The van der Waals surface area contributed by atoms with Gasteiger partial charge in [0.05, 0.1) is 53.8 Å². The molecule has 0 amide bonds. The number of rotatable bonds is 14. The predicted molar refractivity (Wildman–Crippen MR) is 171 cm³/mol. The summed E-state index contributed by atoms with van der Waals surface area (Å²) in [6.45, 7) is 6.52. The lowest BCUT2D eigenvalue weighted by molar-refractivity contribution is -0.143. The Labute approximate surface area is 278 Å². The highest BCUT2D eigenvalue weighted by Crippen LogP contribution is 2.38. The third-order valence-electron chi connectivity index (χ3n) is 6.64. The predicted octanol–water partition coefficient (Wildman–Crippen LogP) is 3.26. The van der Waals surface area contributed by atoms with Crippen molar-refractivity contribution >= 4 is 46.9 Å². The van der Waals surface area contributed by atoms with E-state index in [0.29, 0.717) is 21.6 Å². The molecule has 3 aromatic rings. The van der Waals surface area contributed by atoms with Crippen molar-refractivity contribution in [2.75, 3.05) is 40.1 Å². The van der Waals surface area contributed by atoms with Crippen LogP contribution in [0.2, 0.25) is 5.02 Å². The Morgan fingerprint density at radius 2 is 1.70 bits per heavy atom. The minimum Gasteiger partial charge on any atom is -0.490 e. The van der Waals surface area contributed by atoms with E-state index in [4.69, 9.17) is 40.4 Å². The lowest BCUT2D eigenvalue weighted by atomic mass is 9.95. The van der Waals surface area contributed by atoms with Crippen LogP contribution in [0.4, 0.5) is 0 Å². The van der Waals surface area contributed by atoms with Crippen molar-refractivity contribution in [1.82, 2.24) is 4.57 Å². The molecule has 1 aliphatic rings. The van der Waals surface area contributed by atoms with Crippen molar-refractivity contribution in [2.45, 2.75) is 33.7 Å². The lowest BCUT2D eigenvalue weighted by Crippen LogP contribution is -2.40. The van der Waals surface area contributed by atoms with Gasteiger partial charge in [-0.15, -0.1) is 0 Å². The molecule has 0 unspecified atom stereocenters. The van der Waals surface area contributed by atoms with Crippen molar-refractivity contribution in [2.24, 2.45) is 4.99 Å². The summed E-state index contributed by atoms with van der Waals surface area (Å²) in [6.07, 6.45) is 1.59. The number of benzene rings is 2. The number of carboxylic acids is 1. The number of allylic oxidation sites excluding steroid dienone is 1. The molecule has 250 valence electrons. The number of carboxylic acid groups (broad SMARTS) is 1. The molecule has 0 bridgehead atoms. The summed E-state index contributed by atoms with van der Waals surface area (Å²) < 4.78 is 34.1. The highest BCUT2D eigenvalue weighted by molar-refractivity contribution is 7.07. The van der Waals surface area contributed by atoms with E-state index in [1.807, 2.05) is 0 Å². The molecule has 2 heterocycles. The van der Waals surface area contributed by atoms with Gasteiger partial charge in [-0.05, 0) is 69.2 Å². The average Bonchev–Trinajstić information content (AvgIpc) is 3.32. The van der Waals surface area contributed by atoms with Gasteiger partial charge in [0.1, 0.15) is 0 Å². The van der Waals surface area contributed by atoms with E-state index in [0.717, 1.165) is 11.3 Å². The number of methoxy groups -OCH3 is 1. The van der Waals surface area contributed by atoms with Gasteiger partial charge in [-0.3, -0.25) is 9.36 Å². The van der Waals surface area contributed by atoms with Crippen molar-refractivity contribution in [3.8, 4) is 23.0 Å². The first-order valence-corrected chi connectivity index (χ1v) is 15.7. The number of hydrogen-bond donors (Lipinski definition) is 1. The fraction of sp³-hybridized carbons (Fsp3) is 0.344. The second-order valence-corrected chi connectivity index (χ2v) is 11.2. The van der Waals surface area contributed by atoms with E-state index in [2.05, 4.69) is 9.73 Å². The average molecular weight is 689 g/mol. The molecule has 0 saturated heterocycles. The van der Waals surface area contributed by atoms with E-state index in [1.165, 1.54) is 17.7 Å². The molecule has 0 radical (unpaired) electrons. The number of nitrogens with zero attached hydrogens (tertiary/aromatic N) is 2. The van der Waals surface area contributed by atoms with Gasteiger partial charge in [0.15, 0.2) is 41.0 Å². The number of fused-ring (bicyclic) bond motifs is 1. The summed E-state index contributed by atoms with van der Waals surface area (Å²) in [4.78, 5) is 55.1. The number of hydrogen-bond acceptors (Lipinski definition) is 12. The molecule has 47 heavy (non-hydrogen) atoms. The summed E-state index contributed by atoms with van der Waals surface area (Å²) in [5, 5.41) is 9.13. The Kier molecular flexibility index (Phi) is 11.7. The van der Waals surface area contributed by atoms with Crippen LogP contribution in [0.3, 0.4) is 0 Å². The van der Waals surface area contributed by atoms with Gasteiger partial charge >= 0.3 is 17.9 Å². The maximum Gasteiger partial charge on any atom is 0.343 e. The van der Waals surface area contributed by atoms with Gasteiger partial charge in [-0.2, -0.15) is 0 Å². The number of aromatic nitrogens is 1. The summed E-state index contributed by atoms with van der Waals surface area (Å²) in [7, 11) is 1.25.